The van der Waals surface area contributed by atoms with E-state index in [0.717, 1.165) is 28.0 Å². The minimum atomic E-state index is 0.501. The maximum absolute atomic E-state index is 5.76. The molecule has 20 heavy (non-hydrogen) atoms. The van der Waals surface area contributed by atoms with Crippen molar-refractivity contribution in [2.45, 2.75) is 6.54 Å². The standard InChI is InChI=1S/C16H18N4/c1-20(2)13-8-6-11(7-9-13)16-18-14-5-3-4-12(10-17)15(14)19-16/h3-9H,10,17H2,1-2H3,(H,18,19). The number of hydrogen-bond donors (Lipinski definition) is 2. The third-order valence-corrected chi connectivity index (χ3v) is 3.47. The number of fused-ring (bicyclic) bond motifs is 1. The lowest BCUT2D eigenvalue weighted by Crippen LogP contribution is -2.07. The van der Waals surface area contributed by atoms with Crippen molar-refractivity contribution in [1.82, 2.24) is 9.97 Å². The van der Waals surface area contributed by atoms with Crippen molar-refractivity contribution in [2.75, 3.05) is 19.0 Å². The Morgan fingerprint density at radius 2 is 1.85 bits per heavy atom. The molecule has 0 saturated carbocycles. The minimum absolute atomic E-state index is 0.501. The summed E-state index contributed by atoms with van der Waals surface area (Å²) in [5.74, 6) is 0.881. The molecule has 3 aromatic rings. The van der Waals surface area contributed by atoms with Crippen molar-refractivity contribution in [3.63, 3.8) is 0 Å². The smallest absolute Gasteiger partial charge is 0.138 e. The van der Waals surface area contributed by atoms with Crippen LogP contribution >= 0.6 is 0 Å². The lowest BCUT2D eigenvalue weighted by Gasteiger charge is -2.12. The number of hydrogen-bond acceptors (Lipinski definition) is 3. The maximum atomic E-state index is 5.76. The van der Waals surface area contributed by atoms with Crippen LogP contribution in [0.25, 0.3) is 22.4 Å². The van der Waals surface area contributed by atoms with E-state index in [4.69, 9.17) is 5.73 Å². The number of aromatic nitrogens is 2. The second-order valence-corrected chi connectivity index (χ2v) is 5.04. The van der Waals surface area contributed by atoms with E-state index in [1.165, 1.54) is 5.69 Å². The van der Waals surface area contributed by atoms with Gasteiger partial charge in [-0.1, -0.05) is 12.1 Å². The van der Waals surface area contributed by atoms with E-state index in [2.05, 4.69) is 39.1 Å². The predicted molar refractivity (Wildman–Crippen MR) is 83.7 cm³/mol. The zero-order chi connectivity index (χ0) is 14.1. The van der Waals surface area contributed by atoms with E-state index >= 15 is 0 Å². The Kier molecular flexibility index (Phi) is 3.16. The quantitative estimate of drug-likeness (QED) is 0.766. The number of benzene rings is 2. The fourth-order valence-corrected chi connectivity index (χ4v) is 2.31. The fourth-order valence-electron chi connectivity index (χ4n) is 2.31. The van der Waals surface area contributed by atoms with E-state index in [9.17, 15) is 0 Å². The number of nitrogens with zero attached hydrogens (tertiary/aromatic N) is 2. The number of rotatable bonds is 3. The van der Waals surface area contributed by atoms with Crippen LogP contribution in [0.1, 0.15) is 5.56 Å². The highest BCUT2D eigenvalue weighted by Crippen LogP contribution is 2.24. The van der Waals surface area contributed by atoms with Crippen LogP contribution in [0.4, 0.5) is 5.69 Å². The van der Waals surface area contributed by atoms with Crippen LogP contribution in [0.5, 0.6) is 0 Å². The van der Waals surface area contributed by atoms with Crippen LogP contribution in [0.2, 0.25) is 0 Å². The van der Waals surface area contributed by atoms with Crippen LogP contribution < -0.4 is 10.6 Å². The molecule has 0 aliphatic carbocycles. The van der Waals surface area contributed by atoms with Crippen LogP contribution in [0.3, 0.4) is 0 Å². The summed E-state index contributed by atoms with van der Waals surface area (Å²) in [6, 6.07) is 14.4. The molecule has 0 aliphatic heterocycles. The van der Waals surface area contributed by atoms with Gasteiger partial charge in [-0.3, -0.25) is 0 Å². The van der Waals surface area contributed by atoms with Crippen LogP contribution in [-0.4, -0.2) is 24.1 Å². The summed E-state index contributed by atoms with van der Waals surface area (Å²) < 4.78 is 0. The number of aromatic amines is 1. The van der Waals surface area contributed by atoms with E-state index < -0.39 is 0 Å². The van der Waals surface area contributed by atoms with Crippen molar-refractivity contribution >= 4 is 16.7 Å². The Morgan fingerprint density at radius 3 is 2.50 bits per heavy atom. The van der Waals surface area contributed by atoms with E-state index in [1.54, 1.807) is 0 Å². The van der Waals surface area contributed by atoms with Gasteiger partial charge in [-0.25, -0.2) is 4.98 Å². The topological polar surface area (TPSA) is 57.9 Å². The highest BCUT2D eigenvalue weighted by Gasteiger charge is 2.08. The summed E-state index contributed by atoms with van der Waals surface area (Å²) >= 11 is 0. The monoisotopic (exact) mass is 266 g/mol. The molecule has 0 saturated heterocycles. The molecule has 1 heterocycles. The summed E-state index contributed by atoms with van der Waals surface area (Å²) in [7, 11) is 4.06. The number of nitrogens with one attached hydrogen (secondary N) is 1. The van der Waals surface area contributed by atoms with Crippen molar-refractivity contribution < 1.29 is 0 Å². The van der Waals surface area contributed by atoms with Gasteiger partial charge in [0.25, 0.3) is 0 Å². The highest BCUT2D eigenvalue weighted by atomic mass is 15.1. The van der Waals surface area contributed by atoms with Gasteiger partial charge in [0.15, 0.2) is 0 Å². The lowest BCUT2D eigenvalue weighted by molar-refractivity contribution is 1.08. The molecule has 0 radical (unpaired) electrons. The van der Waals surface area contributed by atoms with Gasteiger partial charge in [0.1, 0.15) is 5.82 Å². The van der Waals surface area contributed by atoms with Gasteiger partial charge >= 0.3 is 0 Å². The molecule has 0 unspecified atom stereocenters. The molecule has 0 fully saturated rings. The maximum Gasteiger partial charge on any atom is 0.138 e. The predicted octanol–water partition coefficient (Wildman–Crippen LogP) is 2.75. The first-order valence-electron chi connectivity index (χ1n) is 6.64. The second kappa shape index (κ2) is 4.98. The van der Waals surface area contributed by atoms with Crippen LogP contribution in [0.15, 0.2) is 42.5 Å². The normalized spacial score (nSPS) is 10.9. The van der Waals surface area contributed by atoms with Crippen molar-refractivity contribution in [3.8, 4) is 11.4 Å². The number of para-hydroxylation sites is 1. The number of nitrogens with two attached hydrogens (primary N) is 1. The second-order valence-electron chi connectivity index (χ2n) is 5.04. The van der Waals surface area contributed by atoms with Crippen molar-refractivity contribution in [2.24, 2.45) is 5.73 Å². The van der Waals surface area contributed by atoms with Gasteiger partial charge in [0.2, 0.25) is 0 Å². The molecule has 0 spiro atoms. The summed E-state index contributed by atoms with van der Waals surface area (Å²) in [5, 5.41) is 0. The number of H-pyrrole nitrogens is 1. The SMILES string of the molecule is CN(C)c1ccc(-c2nc3c(CN)cccc3[nH]2)cc1. The van der Waals surface area contributed by atoms with Gasteiger partial charge in [-0.15, -0.1) is 0 Å². The molecule has 0 bridgehead atoms. The summed E-state index contributed by atoms with van der Waals surface area (Å²) in [6.45, 7) is 0.501. The molecule has 4 nitrogen and oxygen atoms in total. The van der Waals surface area contributed by atoms with Gasteiger partial charge in [0, 0.05) is 31.9 Å². The number of anilines is 1. The molecular weight excluding hydrogens is 248 g/mol. The van der Waals surface area contributed by atoms with E-state index in [1.807, 2.05) is 32.3 Å². The summed E-state index contributed by atoms with van der Waals surface area (Å²) in [5.41, 5.74) is 11.1. The Labute approximate surface area is 118 Å². The Balaban J connectivity index is 2.06. The third-order valence-electron chi connectivity index (χ3n) is 3.47. The van der Waals surface area contributed by atoms with Crippen molar-refractivity contribution in [3.05, 3.63) is 48.0 Å². The fraction of sp³-hybridized carbons (Fsp3) is 0.188. The average molecular weight is 266 g/mol. The first kappa shape index (κ1) is 12.7. The van der Waals surface area contributed by atoms with E-state index in [-0.39, 0.29) is 0 Å². The average Bonchev–Trinajstić information content (AvgIpc) is 2.91. The molecule has 0 amide bonds. The zero-order valence-electron chi connectivity index (χ0n) is 11.7. The molecule has 2 aromatic carbocycles. The van der Waals surface area contributed by atoms with Gasteiger partial charge in [0.05, 0.1) is 11.0 Å². The van der Waals surface area contributed by atoms with Gasteiger partial charge in [-0.2, -0.15) is 0 Å². The molecule has 3 rings (SSSR count). The molecule has 4 heteroatoms. The molecule has 1 aromatic heterocycles. The van der Waals surface area contributed by atoms with Gasteiger partial charge < -0.3 is 15.6 Å². The zero-order valence-corrected chi connectivity index (χ0v) is 11.7. The van der Waals surface area contributed by atoms with Crippen LogP contribution in [-0.2, 0) is 6.54 Å². The Bertz CT molecular complexity index is 726. The Hall–Kier alpha value is -2.33. The third kappa shape index (κ3) is 2.14. The molecular formula is C16H18N4. The minimum Gasteiger partial charge on any atom is -0.378 e. The molecule has 0 aliphatic rings. The van der Waals surface area contributed by atoms with E-state index in [0.29, 0.717) is 6.54 Å². The summed E-state index contributed by atoms with van der Waals surface area (Å²) in [4.78, 5) is 10.1. The van der Waals surface area contributed by atoms with Gasteiger partial charge in [-0.05, 0) is 35.9 Å². The first-order valence-corrected chi connectivity index (χ1v) is 6.64. The molecule has 0 atom stereocenters. The summed E-state index contributed by atoms with van der Waals surface area (Å²) in [6.07, 6.45) is 0. The lowest BCUT2D eigenvalue weighted by atomic mass is 10.2. The first-order chi connectivity index (χ1) is 9.69. The molecule has 102 valence electrons. The van der Waals surface area contributed by atoms with Crippen LogP contribution in [0, 0.1) is 0 Å². The highest BCUT2D eigenvalue weighted by molar-refractivity contribution is 5.82. The van der Waals surface area contributed by atoms with Crippen molar-refractivity contribution in [1.29, 1.82) is 0 Å². The largest absolute Gasteiger partial charge is 0.378 e. The Morgan fingerprint density at radius 1 is 1.10 bits per heavy atom. The molecule has 3 N–H and O–H groups in total. The number of imidazole rings is 1.